The van der Waals surface area contributed by atoms with Gasteiger partial charge in [0.25, 0.3) is 0 Å². The van der Waals surface area contributed by atoms with Crippen molar-refractivity contribution in [3.05, 3.63) is 47.0 Å². The van der Waals surface area contributed by atoms with Crippen LogP contribution in [0.15, 0.2) is 35.3 Å². The fraction of sp³-hybridized carbons (Fsp3) is 0.100. The summed E-state index contributed by atoms with van der Waals surface area (Å²) in [5.74, 6) is 0.258. The lowest BCUT2D eigenvalue weighted by molar-refractivity contribution is 0.219. The molecule has 2 heterocycles. The van der Waals surface area contributed by atoms with Crippen molar-refractivity contribution in [1.29, 1.82) is 0 Å². The predicted molar refractivity (Wildman–Crippen MR) is 56.4 cm³/mol. The van der Waals surface area contributed by atoms with Crippen molar-refractivity contribution >= 4 is 17.4 Å². The molecule has 0 radical (unpaired) electrons. The molecule has 0 saturated heterocycles. The Balaban J connectivity index is 2.41. The standard InChI is InChI=1S/C10H9ClN2O2/c11-7-3-8(10(12)13-4-7)9(14)6-1-2-15-5-6/h1-5,9,14H,(H2,12,13). The van der Waals surface area contributed by atoms with Gasteiger partial charge in [-0.05, 0) is 12.1 Å². The SMILES string of the molecule is Nc1ncc(Cl)cc1C(O)c1ccoc1. The highest BCUT2D eigenvalue weighted by Crippen LogP contribution is 2.27. The Morgan fingerprint density at radius 1 is 1.53 bits per heavy atom. The average Bonchev–Trinajstić information content (AvgIpc) is 2.74. The number of hydrogen-bond donors (Lipinski definition) is 2. The first-order valence-corrected chi connectivity index (χ1v) is 4.67. The molecule has 1 unspecified atom stereocenters. The molecule has 2 aromatic heterocycles. The fourth-order valence-electron chi connectivity index (χ4n) is 1.29. The summed E-state index contributed by atoms with van der Waals surface area (Å²) in [6, 6.07) is 3.24. The molecule has 1 atom stereocenters. The van der Waals surface area contributed by atoms with Gasteiger partial charge in [0.05, 0.1) is 17.5 Å². The molecule has 0 amide bonds. The van der Waals surface area contributed by atoms with Gasteiger partial charge in [0.15, 0.2) is 0 Å². The molecule has 5 heteroatoms. The van der Waals surface area contributed by atoms with Crippen molar-refractivity contribution < 1.29 is 9.52 Å². The lowest BCUT2D eigenvalue weighted by Crippen LogP contribution is -2.04. The second kappa shape index (κ2) is 3.92. The van der Waals surface area contributed by atoms with E-state index >= 15 is 0 Å². The molecule has 0 aromatic carbocycles. The molecular formula is C10H9ClN2O2. The van der Waals surface area contributed by atoms with E-state index in [0.29, 0.717) is 16.1 Å². The Kier molecular flexibility index (Phi) is 2.62. The van der Waals surface area contributed by atoms with Crippen LogP contribution in [-0.4, -0.2) is 10.1 Å². The van der Waals surface area contributed by atoms with Gasteiger partial charge in [0.1, 0.15) is 11.9 Å². The molecule has 3 N–H and O–H groups in total. The fourth-order valence-corrected chi connectivity index (χ4v) is 1.46. The summed E-state index contributed by atoms with van der Waals surface area (Å²) >= 11 is 5.77. The van der Waals surface area contributed by atoms with Crippen LogP contribution < -0.4 is 5.73 Å². The third kappa shape index (κ3) is 1.95. The first-order chi connectivity index (χ1) is 7.18. The van der Waals surface area contributed by atoms with Crippen LogP contribution in [0.4, 0.5) is 5.82 Å². The number of nitrogens with two attached hydrogens (primary N) is 1. The Bertz CT molecular complexity index is 456. The topological polar surface area (TPSA) is 72.3 Å². The predicted octanol–water partition coefficient (Wildman–Crippen LogP) is 1.99. The summed E-state index contributed by atoms with van der Waals surface area (Å²) in [6.07, 6.45) is 3.50. The van der Waals surface area contributed by atoms with Crippen molar-refractivity contribution in [1.82, 2.24) is 4.98 Å². The van der Waals surface area contributed by atoms with Crippen LogP contribution >= 0.6 is 11.6 Å². The molecule has 15 heavy (non-hydrogen) atoms. The summed E-state index contributed by atoms with van der Waals surface area (Å²) in [5, 5.41) is 10.4. The van der Waals surface area contributed by atoms with Gasteiger partial charge in [-0.2, -0.15) is 0 Å². The number of furan rings is 1. The number of rotatable bonds is 2. The third-order valence-electron chi connectivity index (χ3n) is 2.07. The molecule has 0 aliphatic heterocycles. The highest BCUT2D eigenvalue weighted by molar-refractivity contribution is 6.30. The Hall–Kier alpha value is -1.52. The minimum Gasteiger partial charge on any atom is -0.472 e. The van der Waals surface area contributed by atoms with Gasteiger partial charge in [0, 0.05) is 17.3 Å². The van der Waals surface area contributed by atoms with E-state index in [9.17, 15) is 5.11 Å². The normalized spacial score (nSPS) is 12.7. The first-order valence-electron chi connectivity index (χ1n) is 4.29. The van der Waals surface area contributed by atoms with Crippen LogP contribution in [0.1, 0.15) is 17.2 Å². The van der Waals surface area contributed by atoms with Crippen LogP contribution in [0.2, 0.25) is 5.02 Å². The smallest absolute Gasteiger partial charge is 0.129 e. The van der Waals surface area contributed by atoms with E-state index in [1.165, 1.54) is 18.7 Å². The van der Waals surface area contributed by atoms with Gasteiger partial charge in [-0.3, -0.25) is 0 Å². The first kappa shape index (κ1) is 10.0. The summed E-state index contributed by atoms with van der Waals surface area (Å²) in [4.78, 5) is 3.86. The zero-order valence-electron chi connectivity index (χ0n) is 7.72. The maximum absolute atomic E-state index is 9.95. The zero-order chi connectivity index (χ0) is 10.8. The third-order valence-corrected chi connectivity index (χ3v) is 2.28. The van der Waals surface area contributed by atoms with Crippen molar-refractivity contribution in [3.8, 4) is 0 Å². The summed E-state index contributed by atoms with van der Waals surface area (Å²) in [7, 11) is 0. The number of aliphatic hydroxyl groups excluding tert-OH is 1. The molecule has 0 aliphatic rings. The molecule has 0 spiro atoms. The van der Waals surface area contributed by atoms with E-state index < -0.39 is 6.10 Å². The number of anilines is 1. The summed E-state index contributed by atoms with van der Waals surface area (Å²) < 4.78 is 4.87. The van der Waals surface area contributed by atoms with E-state index in [1.807, 2.05) is 0 Å². The summed E-state index contributed by atoms with van der Waals surface area (Å²) in [6.45, 7) is 0. The molecule has 0 aliphatic carbocycles. The largest absolute Gasteiger partial charge is 0.472 e. The van der Waals surface area contributed by atoms with Gasteiger partial charge in [0.2, 0.25) is 0 Å². The molecule has 2 rings (SSSR count). The number of aromatic nitrogens is 1. The highest BCUT2D eigenvalue weighted by Gasteiger charge is 2.15. The van der Waals surface area contributed by atoms with Crippen molar-refractivity contribution in [3.63, 3.8) is 0 Å². The van der Waals surface area contributed by atoms with Crippen LogP contribution in [0.5, 0.6) is 0 Å². The number of nitrogens with zero attached hydrogens (tertiary/aromatic N) is 1. The van der Waals surface area contributed by atoms with E-state index in [4.69, 9.17) is 21.8 Å². The van der Waals surface area contributed by atoms with E-state index in [2.05, 4.69) is 4.98 Å². The van der Waals surface area contributed by atoms with Gasteiger partial charge in [-0.25, -0.2) is 4.98 Å². The maximum atomic E-state index is 9.95. The number of hydrogen-bond acceptors (Lipinski definition) is 4. The molecule has 78 valence electrons. The Labute approximate surface area is 91.3 Å². The number of nitrogen functional groups attached to an aromatic ring is 1. The average molecular weight is 225 g/mol. The lowest BCUT2D eigenvalue weighted by atomic mass is 10.1. The Morgan fingerprint density at radius 2 is 2.33 bits per heavy atom. The van der Waals surface area contributed by atoms with E-state index in [1.54, 1.807) is 12.1 Å². The lowest BCUT2D eigenvalue weighted by Gasteiger charge is -2.10. The highest BCUT2D eigenvalue weighted by atomic mass is 35.5. The van der Waals surface area contributed by atoms with Gasteiger partial charge in [-0.15, -0.1) is 0 Å². The number of pyridine rings is 1. The van der Waals surface area contributed by atoms with Crippen LogP contribution in [0, 0.1) is 0 Å². The maximum Gasteiger partial charge on any atom is 0.129 e. The summed E-state index contributed by atoms with van der Waals surface area (Å²) in [5.41, 5.74) is 6.73. The Morgan fingerprint density at radius 3 is 3.00 bits per heavy atom. The van der Waals surface area contributed by atoms with E-state index in [-0.39, 0.29) is 5.82 Å². The molecule has 0 saturated carbocycles. The second-order valence-electron chi connectivity index (χ2n) is 3.09. The zero-order valence-corrected chi connectivity index (χ0v) is 8.48. The van der Waals surface area contributed by atoms with Crippen molar-refractivity contribution in [2.45, 2.75) is 6.10 Å². The molecule has 2 aromatic rings. The van der Waals surface area contributed by atoms with Crippen LogP contribution in [0.3, 0.4) is 0 Å². The minimum absolute atomic E-state index is 0.258. The monoisotopic (exact) mass is 224 g/mol. The van der Waals surface area contributed by atoms with Gasteiger partial charge < -0.3 is 15.3 Å². The van der Waals surface area contributed by atoms with Gasteiger partial charge >= 0.3 is 0 Å². The van der Waals surface area contributed by atoms with Crippen molar-refractivity contribution in [2.24, 2.45) is 0 Å². The number of aliphatic hydroxyl groups is 1. The number of halogens is 1. The molecule has 0 bridgehead atoms. The quantitative estimate of drug-likeness (QED) is 0.818. The van der Waals surface area contributed by atoms with Crippen molar-refractivity contribution in [2.75, 3.05) is 5.73 Å². The van der Waals surface area contributed by atoms with Gasteiger partial charge in [-0.1, -0.05) is 11.6 Å². The minimum atomic E-state index is -0.866. The van der Waals surface area contributed by atoms with Crippen LogP contribution in [-0.2, 0) is 0 Å². The molecular weight excluding hydrogens is 216 g/mol. The van der Waals surface area contributed by atoms with Crippen LogP contribution in [0.25, 0.3) is 0 Å². The van der Waals surface area contributed by atoms with E-state index in [0.717, 1.165) is 0 Å². The molecule has 4 nitrogen and oxygen atoms in total. The second-order valence-corrected chi connectivity index (χ2v) is 3.52. The molecule has 0 fully saturated rings.